The van der Waals surface area contributed by atoms with Crippen molar-refractivity contribution in [3.05, 3.63) is 42.0 Å². The first-order chi connectivity index (χ1) is 12.1. The predicted octanol–water partition coefficient (Wildman–Crippen LogP) is 1.85. The third-order valence-electron chi connectivity index (χ3n) is 4.13. The molecule has 1 aromatic carbocycles. The summed E-state index contributed by atoms with van der Waals surface area (Å²) in [6.07, 6.45) is 4.95. The smallest absolute Gasteiger partial charge is 0.325 e. The van der Waals surface area contributed by atoms with Gasteiger partial charge in [0.1, 0.15) is 18.9 Å². The Morgan fingerprint density at radius 2 is 2.20 bits per heavy atom. The normalized spacial score (nSPS) is 14.0. The topological polar surface area (TPSA) is 73.7 Å². The number of hydrogen-bond acceptors (Lipinski definition) is 5. The third-order valence-corrected chi connectivity index (χ3v) is 4.13. The second-order valence-electron chi connectivity index (χ2n) is 6.01. The molecule has 132 valence electrons. The summed E-state index contributed by atoms with van der Waals surface area (Å²) in [5.41, 5.74) is 2.59. The minimum atomic E-state index is -0.400. The lowest BCUT2D eigenvalue weighted by Gasteiger charge is -2.15. The standard InChI is InChI=1S/C18H21N3O4/c1-13-9-21(12-19-13)15-6-5-14(8-16(15)24-2)11-25-18(23)10-20-7-3-4-17(20)22/h5-6,8-9,12H,3-4,7,10-11H2,1-2H3. The SMILES string of the molecule is COc1cc(COC(=O)CN2CCCC2=O)ccc1-n1cnc(C)c1. The summed E-state index contributed by atoms with van der Waals surface area (Å²) >= 11 is 0. The fraction of sp³-hybridized carbons (Fsp3) is 0.389. The van der Waals surface area contributed by atoms with E-state index in [9.17, 15) is 9.59 Å². The zero-order valence-electron chi connectivity index (χ0n) is 14.4. The first kappa shape index (κ1) is 17.0. The Kier molecular flexibility index (Phi) is 5.02. The van der Waals surface area contributed by atoms with Crippen molar-refractivity contribution in [2.45, 2.75) is 26.4 Å². The predicted molar refractivity (Wildman–Crippen MR) is 90.5 cm³/mol. The van der Waals surface area contributed by atoms with Crippen molar-refractivity contribution in [2.24, 2.45) is 0 Å². The number of hydrogen-bond donors (Lipinski definition) is 0. The van der Waals surface area contributed by atoms with Crippen LogP contribution in [0.15, 0.2) is 30.7 Å². The van der Waals surface area contributed by atoms with Gasteiger partial charge in [-0.05, 0) is 31.0 Å². The number of benzene rings is 1. The van der Waals surface area contributed by atoms with Gasteiger partial charge in [0.2, 0.25) is 5.91 Å². The molecule has 1 fully saturated rings. The van der Waals surface area contributed by atoms with Crippen LogP contribution in [0.1, 0.15) is 24.1 Å². The average Bonchev–Trinajstić information content (AvgIpc) is 3.21. The minimum absolute atomic E-state index is 0.0126. The number of rotatable bonds is 6. The Hall–Kier alpha value is -2.83. The highest BCUT2D eigenvalue weighted by Crippen LogP contribution is 2.25. The molecule has 1 aromatic heterocycles. The van der Waals surface area contributed by atoms with E-state index in [4.69, 9.17) is 9.47 Å². The molecule has 0 atom stereocenters. The van der Waals surface area contributed by atoms with Crippen molar-refractivity contribution >= 4 is 11.9 Å². The van der Waals surface area contributed by atoms with Crippen LogP contribution < -0.4 is 4.74 Å². The summed E-state index contributed by atoms with van der Waals surface area (Å²) in [6, 6.07) is 5.60. The van der Waals surface area contributed by atoms with E-state index in [0.717, 1.165) is 23.4 Å². The van der Waals surface area contributed by atoms with Crippen molar-refractivity contribution in [1.82, 2.24) is 14.5 Å². The molecule has 1 aliphatic heterocycles. The van der Waals surface area contributed by atoms with E-state index < -0.39 is 5.97 Å². The first-order valence-corrected chi connectivity index (χ1v) is 8.18. The van der Waals surface area contributed by atoms with Crippen LogP contribution in [0.3, 0.4) is 0 Å². The summed E-state index contributed by atoms with van der Waals surface area (Å²) in [7, 11) is 1.59. The van der Waals surface area contributed by atoms with E-state index in [0.29, 0.717) is 18.7 Å². The van der Waals surface area contributed by atoms with Gasteiger partial charge >= 0.3 is 5.97 Å². The Labute approximate surface area is 146 Å². The second-order valence-corrected chi connectivity index (χ2v) is 6.01. The number of amides is 1. The highest BCUT2D eigenvalue weighted by atomic mass is 16.5. The molecule has 1 amide bonds. The lowest BCUT2D eigenvalue weighted by molar-refractivity contribution is -0.149. The van der Waals surface area contributed by atoms with E-state index in [1.165, 1.54) is 4.90 Å². The summed E-state index contributed by atoms with van der Waals surface area (Å²) < 4.78 is 12.6. The number of nitrogens with zero attached hydrogens (tertiary/aromatic N) is 3. The molecule has 7 nitrogen and oxygen atoms in total. The van der Waals surface area contributed by atoms with Crippen LogP contribution in [-0.2, 0) is 20.9 Å². The number of carbonyl (C=O) groups is 2. The molecule has 7 heteroatoms. The third kappa shape index (κ3) is 3.99. The monoisotopic (exact) mass is 343 g/mol. The summed E-state index contributed by atoms with van der Waals surface area (Å²) in [5.74, 6) is 0.280. The molecule has 0 aliphatic carbocycles. The quantitative estimate of drug-likeness (QED) is 0.749. The number of carbonyl (C=O) groups excluding carboxylic acids is 2. The summed E-state index contributed by atoms with van der Waals surface area (Å²) in [4.78, 5) is 29.2. The maximum atomic E-state index is 11.9. The Morgan fingerprint density at radius 3 is 2.84 bits per heavy atom. The number of methoxy groups -OCH3 is 1. The lowest BCUT2D eigenvalue weighted by atomic mass is 10.2. The van der Waals surface area contributed by atoms with E-state index in [1.54, 1.807) is 13.4 Å². The van der Waals surface area contributed by atoms with Crippen molar-refractivity contribution in [1.29, 1.82) is 0 Å². The minimum Gasteiger partial charge on any atom is -0.495 e. The van der Waals surface area contributed by atoms with Gasteiger partial charge in [0.25, 0.3) is 0 Å². The molecule has 25 heavy (non-hydrogen) atoms. The fourth-order valence-electron chi connectivity index (χ4n) is 2.81. The highest BCUT2D eigenvalue weighted by Gasteiger charge is 2.23. The molecule has 0 saturated carbocycles. The Bertz CT molecular complexity index is 784. The number of ether oxygens (including phenoxy) is 2. The maximum Gasteiger partial charge on any atom is 0.325 e. The second kappa shape index (κ2) is 7.38. The van der Waals surface area contributed by atoms with E-state index in [-0.39, 0.29) is 19.1 Å². The maximum absolute atomic E-state index is 11.9. The number of aromatic nitrogens is 2. The van der Waals surface area contributed by atoms with Crippen molar-refractivity contribution in [3.8, 4) is 11.4 Å². The molecule has 3 rings (SSSR count). The number of imidazole rings is 1. The van der Waals surface area contributed by atoms with Gasteiger partial charge in [0, 0.05) is 19.2 Å². The molecular weight excluding hydrogens is 322 g/mol. The van der Waals surface area contributed by atoms with Crippen LogP contribution in [0.2, 0.25) is 0 Å². The molecule has 0 N–H and O–H groups in total. The lowest BCUT2D eigenvalue weighted by Crippen LogP contribution is -2.31. The molecule has 0 radical (unpaired) electrons. The molecule has 0 bridgehead atoms. The van der Waals surface area contributed by atoms with Crippen molar-refractivity contribution in [2.75, 3.05) is 20.2 Å². The van der Waals surface area contributed by atoms with E-state index in [1.807, 2.05) is 35.9 Å². The summed E-state index contributed by atoms with van der Waals surface area (Å²) in [5, 5.41) is 0. The Morgan fingerprint density at radius 1 is 1.36 bits per heavy atom. The van der Waals surface area contributed by atoms with E-state index >= 15 is 0 Å². The number of esters is 1. The van der Waals surface area contributed by atoms with Crippen LogP contribution in [-0.4, -0.2) is 46.5 Å². The van der Waals surface area contributed by atoms with Crippen LogP contribution in [0.4, 0.5) is 0 Å². The fourth-order valence-corrected chi connectivity index (χ4v) is 2.81. The molecule has 2 aromatic rings. The van der Waals surface area contributed by atoms with Gasteiger partial charge in [-0.25, -0.2) is 4.98 Å². The van der Waals surface area contributed by atoms with Gasteiger partial charge in [0.05, 0.1) is 24.8 Å². The molecule has 1 saturated heterocycles. The average molecular weight is 343 g/mol. The zero-order chi connectivity index (χ0) is 17.8. The zero-order valence-corrected chi connectivity index (χ0v) is 14.4. The molecular formula is C18H21N3O4. The highest BCUT2D eigenvalue weighted by molar-refractivity contribution is 5.83. The van der Waals surface area contributed by atoms with Gasteiger partial charge in [-0.2, -0.15) is 0 Å². The van der Waals surface area contributed by atoms with Crippen molar-refractivity contribution in [3.63, 3.8) is 0 Å². The molecule has 2 heterocycles. The van der Waals surface area contributed by atoms with Gasteiger partial charge in [-0.15, -0.1) is 0 Å². The van der Waals surface area contributed by atoms with E-state index in [2.05, 4.69) is 4.98 Å². The largest absolute Gasteiger partial charge is 0.495 e. The van der Waals surface area contributed by atoms with Crippen LogP contribution in [0.25, 0.3) is 5.69 Å². The molecule has 0 unspecified atom stereocenters. The number of likely N-dealkylation sites (tertiary alicyclic amines) is 1. The molecule has 0 spiro atoms. The van der Waals surface area contributed by atoms with Crippen LogP contribution in [0.5, 0.6) is 5.75 Å². The van der Waals surface area contributed by atoms with Crippen LogP contribution in [0, 0.1) is 6.92 Å². The number of aryl methyl sites for hydroxylation is 1. The van der Waals surface area contributed by atoms with Gasteiger partial charge in [-0.1, -0.05) is 6.07 Å². The van der Waals surface area contributed by atoms with Gasteiger partial charge in [-0.3, -0.25) is 9.59 Å². The first-order valence-electron chi connectivity index (χ1n) is 8.18. The van der Waals surface area contributed by atoms with Crippen molar-refractivity contribution < 1.29 is 19.1 Å². The summed E-state index contributed by atoms with van der Waals surface area (Å²) in [6.45, 7) is 2.70. The molecule has 1 aliphatic rings. The van der Waals surface area contributed by atoms with Gasteiger partial charge in [0.15, 0.2) is 0 Å². The van der Waals surface area contributed by atoms with Gasteiger partial charge < -0.3 is 18.9 Å². The Balaban J connectivity index is 1.63. The van der Waals surface area contributed by atoms with Crippen LogP contribution >= 0.6 is 0 Å².